The van der Waals surface area contributed by atoms with E-state index >= 15 is 0 Å². The summed E-state index contributed by atoms with van der Waals surface area (Å²) in [5.74, 6) is 2.90. The second-order valence-corrected chi connectivity index (χ2v) is 12.5. The van der Waals surface area contributed by atoms with Crippen LogP contribution in [0.1, 0.15) is 27.0 Å². The number of carbonyl (C=O) groups is 1. The van der Waals surface area contributed by atoms with Crippen LogP contribution in [-0.4, -0.2) is 67.7 Å². The average Bonchev–Trinajstić information content (AvgIpc) is 3.06. The minimum atomic E-state index is 0.0449. The molecule has 44 heavy (non-hydrogen) atoms. The molecule has 6 rings (SSSR count). The molecule has 1 aromatic heterocycles. The van der Waals surface area contributed by atoms with Crippen LogP contribution < -0.4 is 19.3 Å². The maximum absolute atomic E-state index is 13.4. The number of aromatic nitrogens is 2. The summed E-state index contributed by atoms with van der Waals surface area (Å²) in [5.41, 5.74) is 5.21. The van der Waals surface area contributed by atoms with Gasteiger partial charge in [0.05, 0.1) is 14.2 Å². The topological polar surface area (TPSA) is 71.0 Å². The third kappa shape index (κ3) is 6.85. The number of rotatable bonds is 8. The highest BCUT2D eigenvalue weighted by Gasteiger charge is 2.24. The predicted octanol–water partition coefficient (Wildman–Crippen LogP) is 6.62. The summed E-state index contributed by atoms with van der Waals surface area (Å²) in [6.45, 7) is 4.33. The van der Waals surface area contributed by atoms with E-state index in [9.17, 15) is 4.79 Å². The molecule has 2 aliphatic heterocycles. The first-order valence-corrected chi connectivity index (χ1v) is 16.2. The second-order valence-electron chi connectivity index (χ2n) is 10.7. The number of anilines is 2. The van der Waals surface area contributed by atoms with Crippen molar-refractivity contribution in [1.29, 1.82) is 0 Å². The monoisotopic (exact) mass is 649 g/mol. The molecular weight excluding hydrogens is 617 g/mol. The van der Waals surface area contributed by atoms with Crippen molar-refractivity contribution in [3.63, 3.8) is 0 Å². The van der Waals surface area contributed by atoms with Gasteiger partial charge >= 0.3 is 0 Å². The molecule has 0 radical (unpaired) electrons. The van der Waals surface area contributed by atoms with Crippen LogP contribution in [0, 0.1) is 0 Å². The van der Waals surface area contributed by atoms with Gasteiger partial charge in [0.25, 0.3) is 5.91 Å². The lowest BCUT2D eigenvalue weighted by atomic mass is 9.99. The molecule has 1 amide bonds. The van der Waals surface area contributed by atoms with E-state index in [1.165, 1.54) is 22.9 Å². The standard InChI is InChI=1S/C33H33Cl2N5O3S/c1-42-28-16-23-9-10-40(20-25(23)17-29(28)43-2)31-19-30(35)36-33(37-31)44-21-22-5-3-6-24(15-22)32(41)39-13-11-38(12-14-39)27-8-4-7-26(34)18-27/h3-8,15-19H,9-14,20-21H2,1-2H3. The van der Waals surface area contributed by atoms with Crippen molar-refractivity contribution < 1.29 is 14.3 Å². The fourth-order valence-electron chi connectivity index (χ4n) is 5.66. The zero-order chi connectivity index (χ0) is 30.6. The van der Waals surface area contributed by atoms with Crippen LogP contribution in [0.4, 0.5) is 11.5 Å². The fourth-order valence-corrected chi connectivity index (χ4v) is 6.86. The third-order valence-corrected chi connectivity index (χ3v) is 9.33. The van der Waals surface area contributed by atoms with Crippen molar-refractivity contribution in [1.82, 2.24) is 14.9 Å². The first-order chi connectivity index (χ1) is 21.4. The summed E-state index contributed by atoms with van der Waals surface area (Å²) < 4.78 is 11.0. The van der Waals surface area contributed by atoms with Crippen molar-refractivity contribution in [3.8, 4) is 11.5 Å². The quantitative estimate of drug-likeness (QED) is 0.120. The number of halogens is 2. The van der Waals surface area contributed by atoms with Crippen molar-refractivity contribution in [3.05, 3.63) is 99.2 Å². The third-order valence-electron chi connectivity index (χ3n) is 7.98. The van der Waals surface area contributed by atoms with Crippen LogP contribution in [0.2, 0.25) is 10.2 Å². The van der Waals surface area contributed by atoms with Gasteiger partial charge in [0, 0.05) is 67.4 Å². The molecule has 3 heterocycles. The summed E-state index contributed by atoms with van der Waals surface area (Å²) in [4.78, 5) is 29.1. The van der Waals surface area contributed by atoms with Gasteiger partial charge in [0.15, 0.2) is 16.7 Å². The zero-order valence-electron chi connectivity index (χ0n) is 24.6. The van der Waals surface area contributed by atoms with Crippen molar-refractivity contribution >= 4 is 52.4 Å². The zero-order valence-corrected chi connectivity index (χ0v) is 27.0. The van der Waals surface area contributed by atoms with E-state index in [1.54, 1.807) is 14.2 Å². The van der Waals surface area contributed by atoms with Crippen LogP contribution in [-0.2, 0) is 18.7 Å². The number of thioether (sulfide) groups is 1. The number of hydrogen-bond donors (Lipinski definition) is 0. The number of methoxy groups -OCH3 is 2. The Morgan fingerprint density at radius 3 is 2.34 bits per heavy atom. The van der Waals surface area contributed by atoms with Crippen molar-refractivity contribution in [2.75, 3.05) is 56.7 Å². The molecule has 0 aliphatic carbocycles. The van der Waals surface area contributed by atoms with E-state index in [-0.39, 0.29) is 5.91 Å². The Hall–Kier alpha value is -3.66. The Bertz CT molecular complexity index is 1660. The summed E-state index contributed by atoms with van der Waals surface area (Å²) in [6.07, 6.45) is 0.857. The van der Waals surface area contributed by atoms with Gasteiger partial charge in [-0.2, -0.15) is 0 Å². The van der Waals surface area contributed by atoms with Gasteiger partial charge in [-0.15, -0.1) is 0 Å². The molecular formula is C33H33Cl2N5O3S. The van der Waals surface area contributed by atoms with Crippen LogP contribution >= 0.6 is 35.0 Å². The smallest absolute Gasteiger partial charge is 0.253 e. The fraction of sp³-hybridized carbons (Fsp3) is 0.303. The number of carbonyl (C=O) groups excluding carboxylic acids is 1. The van der Waals surface area contributed by atoms with E-state index < -0.39 is 0 Å². The molecule has 0 spiro atoms. The molecule has 0 bridgehead atoms. The maximum Gasteiger partial charge on any atom is 0.253 e. The molecule has 0 atom stereocenters. The van der Waals surface area contributed by atoms with Gasteiger partial charge in [-0.25, -0.2) is 9.97 Å². The summed E-state index contributed by atoms with van der Waals surface area (Å²) >= 11 is 14.1. The number of hydrogen-bond acceptors (Lipinski definition) is 8. The largest absolute Gasteiger partial charge is 0.493 e. The van der Waals surface area contributed by atoms with Crippen LogP contribution in [0.3, 0.4) is 0 Å². The van der Waals surface area contributed by atoms with E-state index in [0.29, 0.717) is 47.0 Å². The van der Waals surface area contributed by atoms with Gasteiger partial charge in [0.1, 0.15) is 11.0 Å². The molecule has 8 nitrogen and oxygen atoms in total. The first kappa shape index (κ1) is 30.4. The van der Waals surface area contributed by atoms with Crippen LogP contribution in [0.15, 0.2) is 71.9 Å². The van der Waals surface area contributed by atoms with Gasteiger partial charge in [-0.1, -0.05) is 53.2 Å². The van der Waals surface area contributed by atoms with E-state index in [0.717, 1.165) is 53.9 Å². The van der Waals surface area contributed by atoms with Crippen molar-refractivity contribution in [2.45, 2.75) is 23.9 Å². The van der Waals surface area contributed by atoms with Crippen LogP contribution in [0.25, 0.3) is 0 Å². The maximum atomic E-state index is 13.4. The Balaban J connectivity index is 1.09. The summed E-state index contributed by atoms with van der Waals surface area (Å²) in [6, 6.07) is 21.5. The van der Waals surface area contributed by atoms with E-state index in [1.807, 2.05) is 59.5 Å². The van der Waals surface area contributed by atoms with Gasteiger partial charge in [-0.3, -0.25) is 4.79 Å². The summed E-state index contributed by atoms with van der Waals surface area (Å²) in [7, 11) is 3.30. The Labute approximate surface area is 271 Å². The highest BCUT2D eigenvalue weighted by Crippen LogP contribution is 2.35. The van der Waals surface area contributed by atoms with E-state index in [2.05, 4.69) is 26.9 Å². The normalized spacial score (nSPS) is 14.8. The molecule has 0 saturated carbocycles. The van der Waals surface area contributed by atoms with Gasteiger partial charge in [0.2, 0.25) is 0 Å². The molecule has 0 N–H and O–H groups in total. The first-order valence-electron chi connectivity index (χ1n) is 14.4. The average molecular weight is 651 g/mol. The van der Waals surface area contributed by atoms with Gasteiger partial charge in [-0.05, 0) is 65.6 Å². The molecule has 11 heteroatoms. The number of ether oxygens (including phenoxy) is 2. The number of piperazine rings is 1. The molecule has 0 unspecified atom stereocenters. The molecule has 1 fully saturated rings. The highest BCUT2D eigenvalue weighted by atomic mass is 35.5. The van der Waals surface area contributed by atoms with Crippen molar-refractivity contribution in [2.24, 2.45) is 0 Å². The minimum Gasteiger partial charge on any atom is -0.493 e. The Morgan fingerprint density at radius 1 is 0.841 bits per heavy atom. The predicted molar refractivity (Wildman–Crippen MR) is 177 cm³/mol. The van der Waals surface area contributed by atoms with E-state index in [4.69, 9.17) is 37.7 Å². The molecule has 2 aliphatic rings. The summed E-state index contributed by atoms with van der Waals surface area (Å²) in [5, 5.41) is 1.71. The van der Waals surface area contributed by atoms with Gasteiger partial charge < -0.3 is 24.2 Å². The number of fused-ring (bicyclic) bond motifs is 1. The Morgan fingerprint density at radius 2 is 1.59 bits per heavy atom. The lowest BCUT2D eigenvalue weighted by Gasteiger charge is -2.36. The molecule has 1 saturated heterocycles. The SMILES string of the molecule is COc1cc2c(cc1OC)CN(c1cc(Cl)nc(SCc3cccc(C(=O)N4CCN(c5cccc(Cl)c5)CC4)c3)n1)CC2. The molecule has 4 aromatic rings. The highest BCUT2D eigenvalue weighted by molar-refractivity contribution is 7.98. The number of amides is 1. The lowest BCUT2D eigenvalue weighted by Crippen LogP contribution is -2.48. The number of benzene rings is 3. The Kier molecular flexibility index (Phi) is 9.35. The minimum absolute atomic E-state index is 0.0449. The van der Waals surface area contributed by atoms with Crippen LogP contribution in [0.5, 0.6) is 11.5 Å². The number of nitrogens with zero attached hydrogens (tertiary/aromatic N) is 5. The molecule has 3 aromatic carbocycles. The molecule has 228 valence electrons. The lowest BCUT2D eigenvalue weighted by molar-refractivity contribution is 0.0746. The second kappa shape index (κ2) is 13.5.